The number of carbonyl (C=O) groups is 1. The molecule has 0 unspecified atom stereocenters. The van der Waals surface area contributed by atoms with Gasteiger partial charge in [-0.2, -0.15) is 0 Å². The largest absolute Gasteiger partial charge is 0.495 e. The highest BCUT2D eigenvalue weighted by molar-refractivity contribution is 8.14. The van der Waals surface area contributed by atoms with Crippen LogP contribution < -0.4 is 9.47 Å². The summed E-state index contributed by atoms with van der Waals surface area (Å²) in [5.41, 5.74) is 4.46. The summed E-state index contributed by atoms with van der Waals surface area (Å²) in [4.78, 5) is 39.3. The van der Waals surface area contributed by atoms with Gasteiger partial charge in [0.25, 0.3) is 0 Å². The van der Waals surface area contributed by atoms with Crippen molar-refractivity contribution in [3.63, 3.8) is 0 Å². The number of methoxy groups -OCH3 is 2. The summed E-state index contributed by atoms with van der Waals surface area (Å²) in [5.74, 6) is 1.43. The molecule has 0 saturated carbocycles. The van der Waals surface area contributed by atoms with Crippen LogP contribution in [-0.4, -0.2) is 51.0 Å². The summed E-state index contributed by atoms with van der Waals surface area (Å²) in [5, 5.41) is 0.0348. The zero-order chi connectivity index (χ0) is 24.9. The number of ether oxygens (including phenoxy) is 2. The minimum Gasteiger partial charge on any atom is -0.495 e. The van der Waals surface area contributed by atoms with Gasteiger partial charge in [-0.1, -0.05) is 0 Å². The Bertz CT molecular complexity index is 1410. The van der Waals surface area contributed by atoms with Crippen molar-refractivity contribution in [1.82, 2.24) is 24.9 Å². The molecule has 0 aliphatic carbocycles. The molecule has 4 aromatic heterocycles. The van der Waals surface area contributed by atoms with E-state index in [1.807, 2.05) is 26.0 Å². The molecule has 0 aliphatic rings. The normalized spacial score (nSPS) is 10.6. The van der Waals surface area contributed by atoms with Crippen molar-refractivity contribution >= 4 is 29.4 Å². The molecule has 0 saturated heterocycles. The number of aryl methyl sites for hydroxylation is 2. The van der Waals surface area contributed by atoms with Gasteiger partial charge in [0.2, 0.25) is 5.12 Å². The van der Waals surface area contributed by atoms with Crippen LogP contribution in [0.3, 0.4) is 0 Å². The molecule has 9 nitrogen and oxygen atoms in total. The molecule has 35 heavy (non-hydrogen) atoms. The Kier molecular flexibility index (Phi) is 7.11. The van der Waals surface area contributed by atoms with Gasteiger partial charge in [-0.25, -0.2) is 15.0 Å². The zero-order valence-corrected chi connectivity index (χ0v) is 20.5. The van der Waals surface area contributed by atoms with E-state index in [-0.39, 0.29) is 10.9 Å². The third-order valence-corrected chi connectivity index (χ3v) is 5.94. The van der Waals surface area contributed by atoms with E-state index in [2.05, 4.69) is 36.6 Å². The maximum Gasteiger partial charge on any atom is 0.227 e. The molecule has 176 valence electrons. The fourth-order valence-electron chi connectivity index (χ4n) is 3.33. The van der Waals surface area contributed by atoms with Crippen molar-refractivity contribution in [2.75, 3.05) is 14.2 Å². The fraction of sp³-hybridized carbons (Fsp3) is 0.160. The van der Waals surface area contributed by atoms with Gasteiger partial charge >= 0.3 is 0 Å². The summed E-state index contributed by atoms with van der Waals surface area (Å²) < 4.78 is 10.7. The van der Waals surface area contributed by atoms with Gasteiger partial charge in [0.15, 0.2) is 5.82 Å². The fourth-order valence-corrected chi connectivity index (χ4v) is 4.13. The second-order valence-corrected chi connectivity index (χ2v) is 8.37. The Morgan fingerprint density at radius 2 is 1.63 bits per heavy atom. The SMILES string of the molecule is C=Nc1ncc(-c2ccc(OC)cn2)nc1SC(=O)c1cnc(C)cc1-c1cc(C)ncc1OC. The zero-order valence-electron chi connectivity index (χ0n) is 19.6. The summed E-state index contributed by atoms with van der Waals surface area (Å²) >= 11 is 0.902. The lowest BCUT2D eigenvalue weighted by Crippen LogP contribution is -2.03. The Morgan fingerprint density at radius 3 is 2.29 bits per heavy atom. The molecule has 0 atom stereocenters. The highest BCUT2D eigenvalue weighted by Gasteiger charge is 2.21. The lowest BCUT2D eigenvalue weighted by atomic mass is 10.0. The first kappa shape index (κ1) is 24.0. The van der Waals surface area contributed by atoms with Crippen molar-refractivity contribution in [2.24, 2.45) is 4.99 Å². The first-order valence-electron chi connectivity index (χ1n) is 10.5. The maximum absolute atomic E-state index is 13.5. The van der Waals surface area contributed by atoms with E-state index >= 15 is 0 Å². The summed E-state index contributed by atoms with van der Waals surface area (Å²) in [6.45, 7) is 7.30. The topological polar surface area (TPSA) is 112 Å². The molecule has 10 heteroatoms. The summed E-state index contributed by atoms with van der Waals surface area (Å²) in [6.07, 6.45) is 6.32. The second kappa shape index (κ2) is 10.4. The molecule has 0 N–H and O–H groups in total. The van der Waals surface area contributed by atoms with E-state index in [0.717, 1.165) is 28.7 Å². The first-order chi connectivity index (χ1) is 16.9. The van der Waals surface area contributed by atoms with E-state index in [4.69, 9.17) is 9.47 Å². The molecular formula is C25H22N6O3S. The Hall–Kier alpha value is -4.18. The molecular weight excluding hydrogens is 464 g/mol. The minimum atomic E-state index is -0.275. The minimum absolute atomic E-state index is 0.250. The molecule has 0 fully saturated rings. The van der Waals surface area contributed by atoms with Crippen LogP contribution in [0.15, 0.2) is 59.1 Å². The number of carbonyl (C=O) groups excluding carboxylic acids is 1. The number of rotatable bonds is 7. The van der Waals surface area contributed by atoms with Crippen LogP contribution in [0.5, 0.6) is 11.5 Å². The van der Waals surface area contributed by atoms with E-state index < -0.39 is 0 Å². The van der Waals surface area contributed by atoms with Gasteiger partial charge < -0.3 is 9.47 Å². The third-order valence-electron chi connectivity index (χ3n) is 5.07. The Morgan fingerprint density at radius 1 is 0.886 bits per heavy atom. The summed E-state index contributed by atoms with van der Waals surface area (Å²) in [6, 6.07) is 7.26. The molecule has 0 aromatic carbocycles. The maximum atomic E-state index is 13.5. The lowest BCUT2D eigenvalue weighted by Gasteiger charge is -2.13. The predicted octanol–water partition coefficient (Wildman–Crippen LogP) is 4.89. The quantitative estimate of drug-likeness (QED) is 0.266. The van der Waals surface area contributed by atoms with E-state index in [1.54, 1.807) is 44.9 Å². The van der Waals surface area contributed by atoms with Gasteiger partial charge in [-0.15, -0.1) is 0 Å². The van der Waals surface area contributed by atoms with Gasteiger partial charge in [0.1, 0.15) is 22.2 Å². The molecule has 0 aliphatic heterocycles. The highest BCUT2D eigenvalue weighted by atomic mass is 32.2. The molecule has 0 spiro atoms. The van der Waals surface area contributed by atoms with Crippen LogP contribution in [0, 0.1) is 13.8 Å². The van der Waals surface area contributed by atoms with E-state index in [9.17, 15) is 4.79 Å². The number of hydrogen-bond acceptors (Lipinski definition) is 10. The van der Waals surface area contributed by atoms with Crippen molar-refractivity contribution < 1.29 is 14.3 Å². The molecule has 4 heterocycles. The van der Waals surface area contributed by atoms with Crippen LogP contribution in [-0.2, 0) is 0 Å². The van der Waals surface area contributed by atoms with Crippen LogP contribution in [0.1, 0.15) is 21.7 Å². The molecule has 4 aromatic rings. The summed E-state index contributed by atoms with van der Waals surface area (Å²) in [7, 11) is 3.13. The number of nitrogens with zero attached hydrogens (tertiary/aromatic N) is 6. The average Bonchev–Trinajstić information content (AvgIpc) is 2.88. The van der Waals surface area contributed by atoms with Crippen molar-refractivity contribution in [1.29, 1.82) is 0 Å². The second-order valence-electron chi connectivity index (χ2n) is 7.41. The standard InChI is InChI=1S/C25H22N6O3S/c1-14-8-17(18-9-15(2)28-13-22(18)34-5)19(11-27-14)25(32)35-24-23(26-3)30-12-21(31-24)20-7-6-16(33-4)10-29-20/h6-13H,3H2,1-2,4-5H3. The van der Waals surface area contributed by atoms with Gasteiger partial charge in [-0.05, 0) is 56.6 Å². The van der Waals surface area contributed by atoms with Gasteiger partial charge in [0.05, 0.1) is 44.1 Å². The number of aliphatic imine (C=N–C) groups is 1. The Labute approximate surface area is 206 Å². The molecule has 4 rings (SSSR count). The predicted molar refractivity (Wildman–Crippen MR) is 135 cm³/mol. The number of pyridine rings is 3. The molecule has 0 bridgehead atoms. The number of hydrogen-bond donors (Lipinski definition) is 0. The third kappa shape index (κ3) is 5.17. The molecule has 0 radical (unpaired) electrons. The molecule has 0 amide bonds. The van der Waals surface area contributed by atoms with E-state index in [0.29, 0.717) is 39.0 Å². The monoisotopic (exact) mass is 486 g/mol. The first-order valence-corrected chi connectivity index (χ1v) is 11.3. The van der Waals surface area contributed by atoms with Crippen LogP contribution >= 0.6 is 11.8 Å². The van der Waals surface area contributed by atoms with Gasteiger partial charge in [0, 0.05) is 28.7 Å². The van der Waals surface area contributed by atoms with E-state index in [1.165, 1.54) is 6.20 Å². The van der Waals surface area contributed by atoms with Crippen LogP contribution in [0.25, 0.3) is 22.5 Å². The van der Waals surface area contributed by atoms with Crippen molar-refractivity contribution in [3.05, 3.63) is 66.0 Å². The van der Waals surface area contributed by atoms with Crippen LogP contribution in [0.4, 0.5) is 5.82 Å². The number of aromatic nitrogens is 5. The number of thioether (sulfide) groups is 1. The highest BCUT2D eigenvalue weighted by Crippen LogP contribution is 2.37. The van der Waals surface area contributed by atoms with Crippen LogP contribution in [0.2, 0.25) is 0 Å². The average molecular weight is 487 g/mol. The lowest BCUT2D eigenvalue weighted by molar-refractivity contribution is 0.108. The van der Waals surface area contributed by atoms with Crippen molar-refractivity contribution in [3.8, 4) is 34.0 Å². The Balaban J connectivity index is 1.74. The smallest absolute Gasteiger partial charge is 0.227 e. The van der Waals surface area contributed by atoms with Gasteiger partial charge in [-0.3, -0.25) is 19.7 Å². The van der Waals surface area contributed by atoms with Crippen molar-refractivity contribution in [2.45, 2.75) is 18.9 Å².